The third-order valence-electron chi connectivity index (χ3n) is 2.51. The van der Waals surface area contributed by atoms with Gasteiger partial charge in [-0.25, -0.2) is 4.98 Å². The highest BCUT2D eigenvalue weighted by Crippen LogP contribution is 2.27. The Kier molecular flexibility index (Phi) is 3.47. The van der Waals surface area contributed by atoms with Gasteiger partial charge in [0, 0.05) is 30.5 Å². The third-order valence-corrected chi connectivity index (χ3v) is 2.75. The molecule has 1 aromatic heterocycles. The van der Waals surface area contributed by atoms with Crippen LogP contribution in [0.15, 0.2) is 30.6 Å². The Labute approximate surface area is 108 Å². The minimum Gasteiger partial charge on any atom is -0.372 e. The van der Waals surface area contributed by atoms with Gasteiger partial charge in [0.25, 0.3) is 5.69 Å². The smallest absolute Gasteiger partial charge is 0.292 e. The summed E-state index contributed by atoms with van der Waals surface area (Å²) in [6.07, 6.45) is 3.48. The number of benzene rings is 1. The van der Waals surface area contributed by atoms with E-state index < -0.39 is 4.92 Å². The van der Waals surface area contributed by atoms with Crippen molar-refractivity contribution in [2.24, 2.45) is 7.05 Å². The average Bonchev–Trinajstić information content (AvgIpc) is 2.72. The quantitative estimate of drug-likeness (QED) is 0.682. The molecule has 2 aromatic rings. The van der Waals surface area contributed by atoms with Crippen molar-refractivity contribution >= 4 is 23.0 Å². The average molecular weight is 267 g/mol. The van der Waals surface area contributed by atoms with Gasteiger partial charge in [-0.05, 0) is 12.1 Å². The fraction of sp³-hybridized carbons (Fsp3) is 0.182. The molecule has 0 bridgehead atoms. The first-order valence-electron chi connectivity index (χ1n) is 5.22. The predicted molar refractivity (Wildman–Crippen MR) is 68.6 cm³/mol. The Bertz CT molecular complexity index is 582. The maximum absolute atomic E-state index is 10.9. The predicted octanol–water partition coefficient (Wildman–Crippen LogP) is 2.59. The minimum atomic E-state index is -0.447. The zero-order valence-electron chi connectivity index (χ0n) is 9.63. The molecule has 0 fully saturated rings. The van der Waals surface area contributed by atoms with E-state index in [-0.39, 0.29) is 5.69 Å². The van der Waals surface area contributed by atoms with Gasteiger partial charge >= 0.3 is 0 Å². The van der Waals surface area contributed by atoms with Crippen LogP contribution in [0.1, 0.15) is 5.82 Å². The Morgan fingerprint density at radius 1 is 1.56 bits per heavy atom. The second-order valence-corrected chi connectivity index (χ2v) is 4.16. The van der Waals surface area contributed by atoms with Gasteiger partial charge in [-0.3, -0.25) is 10.1 Å². The summed E-state index contributed by atoms with van der Waals surface area (Å²) in [5.74, 6) is 0.782. The molecule has 0 saturated carbocycles. The first kappa shape index (κ1) is 12.4. The van der Waals surface area contributed by atoms with Gasteiger partial charge in [-0.15, -0.1) is 0 Å². The molecule has 7 heteroatoms. The van der Waals surface area contributed by atoms with Crippen molar-refractivity contribution in [1.82, 2.24) is 9.55 Å². The summed E-state index contributed by atoms with van der Waals surface area (Å²) >= 11 is 5.83. The number of nitro benzene ring substituents is 1. The molecule has 0 aliphatic rings. The van der Waals surface area contributed by atoms with Crippen LogP contribution in [0.4, 0.5) is 11.4 Å². The second-order valence-electron chi connectivity index (χ2n) is 3.73. The Morgan fingerprint density at radius 2 is 2.33 bits per heavy atom. The van der Waals surface area contributed by atoms with Crippen molar-refractivity contribution < 1.29 is 4.92 Å². The van der Waals surface area contributed by atoms with Crippen LogP contribution >= 0.6 is 11.6 Å². The van der Waals surface area contributed by atoms with Crippen LogP contribution < -0.4 is 5.32 Å². The molecule has 0 spiro atoms. The summed E-state index contributed by atoms with van der Waals surface area (Å²) in [7, 11) is 1.86. The van der Waals surface area contributed by atoms with E-state index in [1.165, 1.54) is 18.2 Å². The van der Waals surface area contributed by atoms with Gasteiger partial charge in [0.15, 0.2) is 0 Å². The van der Waals surface area contributed by atoms with Crippen LogP contribution in [0.3, 0.4) is 0 Å². The number of nitrogens with one attached hydrogen (secondary N) is 1. The van der Waals surface area contributed by atoms with Gasteiger partial charge in [0.1, 0.15) is 11.5 Å². The standard InChI is InChI=1S/C11H11ClN4O2/c1-15-5-4-13-11(15)7-14-9-6-8(12)2-3-10(9)16(17)18/h2-6,14H,7H2,1H3. The van der Waals surface area contributed by atoms with Crippen LogP contribution in [-0.2, 0) is 13.6 Å². The van der Waals surface area contributed by atoms with Gasteiger partial charge in [-0.2, -0.15) is 0 Å². The third kappa shape index (κ3) is 2.60. The lowest BCUT2D eigenvalue weighted by molar-refractivity contribution is -0.384. The fourth-order valence-electron chi connectivity index (χ4n) is 1.55. The zero-order chi connectivity index (χ0) is 13.1. The SMILES string of the molecule is Cn1ccnc1CNc1cc(Cl)ccc1[N+](=O)[O-]. The van der Waals surface area contributed by atoms with Crippen molar-refractivity contribution in [1.29, 1.82) is 0 Å². The second kappa shape index (κ2) is 5.05. The van der Waals surface area contributed by atoms with E-state index in [1.807, 2.05) is 17.8 Å². The van der Waals surface area contributed by atoms with Gasteiger partial charge in [-0.1, -0.05) is 11.6 Å². The van der Waals surface area contributed by atoms with Crippen molar-refractivity contribution in [2.45, 2.75) is 6.54 Å². The number of halogens is 1. The number of rotatable bonds is 4. The van der Waals surface area contributed by atoms with Crippen molar-refractivity contribution in [3.63, 3.8) is 0 Å². The number of hydrogen-bond donors (Lipinski definition) is 1. The van der Waals surface area contributed by atoms with E-state index >= 15 is 0 Å². The largest absolute Gasteiger partial charge is 0.372 e. The van der Waals surface area contributed by atoms with Crippen LogP contribution in [0.2, 0.25) is 5.02 Å². The summed E-state index contributed by atoms with van der Waals surface area (Å²) in [6.45, 7) is 0.394. The normalized spacial score (nSPS) is 10.3. The highest BCUT2D eigenvalue weighted by molar-refractivity contribution is 6.31. The molecular formula is C11H11ClN4O2. The molecule has 1 N–H and O–H groups in total. The van der Waals surface area contributed by atoms with Gasteiger partial charge < -0.3 is 9.88 Å². The van der Waals surface area contributed by atoms with Crippen LogP contribution in [0, 0.1) is 10.1 Å². The summed E-state index contributed by atoms with van der Waals surface area (Å²) in [4.78, 5) is 14.5. The van der Waals surface area contributed by atoms with E-state index in [0.717, 1.165) is 5.82 Å². The number of nitro groups is 1. The number of nitrogens with zero attached hydrogens (tertiary/aromatic N) is 3. The zero-order valence-corrected chi connectivity index (χ0v) is 10.4. The summed E-state index contributed by atoms with van der Waals surface area (Å²) in [5, 5.41) is 14.3. The number of anilines is 1. The summed E-state index contributed by atoms with van der Waals surface area (Å²) in [5.41, 5.74) is 0.379. The summed E-state index contributed by atoms with van der Waals surface area (Å²) in [6, 6.07) is 4.40. The molecule has 6 nitrogen and oxygen atoms in total. The number of aromatic nitrogens is 2. The lowest BCUT2D eigenvalue weighted by atomic mass is 10.2. The van der Waals surface area contributed by atoms with Gasteiger partial charge in [0.2, 0.25) is 0 Å². The summed E-state index contributed by atoms with van der Waals surface area (Å²) < 4.78 is 1.84. The molecular weight excluding hydrogens is 256 g/mol. The Hall–Kier alpha value is -2.08. The lowest BCUT2D eigenvalue weighted by Crippen LogP contribution is -2.07. The van der Waals surface area contributed by atoms with E-state index in [1.54, 1.807) is 6.20 Å². The maximum Gasteiger partial charge on any atom is 0.292 e. The monoisotopic (exact) mass is 266 g/mol. The highest BCUT2D eigenvalue weighted by atomic mass is 35.5. The number of hydrogen-bond acceptors (Lipinski definition) is 4. The molecule has 0 atom stereocenters. The Morgan fingerprint density at radius 3 is 2.94 bits per heavy atom. The van der Waals surface area contributed by atoms with E-state index in [9.17, 15) is 10.1 Å². The molecule has 1 aromatic carbocycles. The van der Waals surface area contributed by atoms with Crippen molar-refractivity contribution in [3.05, 3.63) is 51.6 Å². The first-order chi connectivity index (χ1) is 8.58. The minimum absolute atomic E-state index is 0.00592. The molecule has 0 radical (unpaired) electrons. The molecule has 0 aliphatic heterocycles. The molecule has 18 heavy (non-hydrogen) atoms. The van der Waals surface area contributed by atoms with Crippen LogP contribution in [-0.4, -0.2) is 14.5 Å². The van der Waals surface area contributed by atoms with E-state index in [0.29, 0.717) is 17.3 Å². The lowest BCUT2D eigenvalue weighted by Gasteiger charge is -2.07. The van der Waals surface area contributed by atoms with Crippen LogP contribution in [0.25, 0.3) is 0 Å². The maximum atomic E-state index is 10.9. The van der Waals surface area contributed by atoms with Crippen LogP contribution in [0.5, 0.6) is 0 Å². The molecule has 94 valence electrons. The molecule has 2 rings (SSSR count). The first-order valence-corrected chi connectivity index (χ1v) is 5.60. The Balaban J connectivity index is 2.20. The number of imidazole rings is 1. The van der Waals surface area contributed by atoms with Gasteiger partial charge in [0.05, 0.1) is 11.5 Å². The highest BCUT2D eigenvalue weighted by Gasteiger charge is 2.14. The molecule has 1 heterocycles. The fourth-order valence-corrected chi connectivity index (χ4v) is 1.72. The number of aryl methyl sites for hydroxylation is 1. The van der Waals surface area contributed by atoms with E-state index in [2.05, 4.69) is 10.3 Å². The topological polar surface area (TPSA) is 73.0 Å². The molecule has 0 aliphatic carbocycles. The molecule has 0 unspecified atom stereocenters. The van der Waals surface area contributed by atoms with Crippen molar-refractivity contribution in [3.8, 4) is 0 Å². The van der Waals surface area contributed by atoms with E-state index in [4.69, 9.17) is 11.6 Å². The van der Waals surface area contributed by atoms with Crippen molar-refractivity contribution in [2.75, 3.05) is 5.32 Å². The molecule has 0 saturated heterocycles. The molecule has 0 amide bonds.